The van der Waals surface area contributed by atoms with E-state index in [0.29, 0.717) is 6.17 Å². The molecule has 2 N–H and O–H groups in total. The highest BCUT2D eigenvalue weighted by atomic mass is 15.3. The lowest BCUT2D eigenvalue weighted by atomic mass is 10.1. The summed E-state index contributed by atoms with van der Waals surface area (Å²) in [5.41, 5.74) is 5.65. The van der Waals surface area contributed by atoms with Crippen molar-refractivity contribution in [2.24, 2.45) is 10.7 Å². The molecule has 0 amide bonds. The minimum Gasteiger partial charge on any atom is -0.329 e. The number of aliphatic imine (C=N–C) groups is 1. The molecule has 0 aromatic heterocycles. The van der Waals surface area contributed by atoms with Gasteiger partial charge in [0.25, 0.3) is 0 Å². The average Bonchev–Trinajstić information content (AvgIpc) is 3.03. The Bertz CT molecular complexity index is 325. The molecule has 1 rings (SSSR count). The van der Waals surface area contributed by atoms with Gasteiger partial charge in [-0.1, -0.05) is 64.0 Å². The molecule has 140 valence electrons. The van der Waals surface area contributed by atoms with Gasteiger partial charge in [-0.15, -0.1) is 0 Å². The predicted molar refractivity (Wildman–Crippen MR) is 108 cm³/mol. The van der Waals surface area contributed by atoms with Gasteiger partial charge in [-0.25, -0.2) is 0 Å². The molecule has 0 bridgehead atoms. The van der Waals surface area contributed by atoms with Crippen LogP contribution in [0.2, 0.25) is 0 Å². The van der Waals surface area contributed by atoms with E-state index in [2.05, 4.69) is 35.2 Å². The van der Waals surface area contributed by atoms with Gasteiger partial charge in [-0.3, -0.25) is 9.89 Å². The first-order valence-electron chi connectivity index (χ1n) is 10.5. The van der Waals surface area contributed by atoms with Gasteiger partial charge in [0, 0.05) is 25.8 Å². The van der Waals surface area contributed by atoms with Gasteiger partial charge < -0.3 is 5.73 Å². The third-order valence-corrected chi connectivity index (χ3v) is 4.91. The van der Waals surface area contributed by atoms with Gasteiger partial charge in [0.1, 0.15) is 6.17 Å². The topological polar surface area (TPSA) is 41.6 Å². The van der Waals surface area contributed by atoms with Gasteiger partial charge in [0.15, 0.2) is 0 Å². The van der Waals surface area contributed by atoms with Crippen molar-refractivity contribution in [2.75, 3.05) is 19.6 Å². The Morgan fingerprint density at radius 2 is 1.58 bits per heavy atom. The number of unbranched alkanes of at least 4 members (excludes halogenated alkanes) is 10. The van der Waals surface area contributed by atoms with Crippen LogP contribution in [0.15, 0.2) is 17.1 Å². The maximum atomic E-state index is 5.65. The molecule has 0 aromatic carbocycles. The van der Waals surface area contributed by atoms with Crippen molar-refractivity contribution in [3.8, 4) is 0 Å². The van der Waals surface area contributed by atoms with Crippen LogP contribution in [0.3, 0.4) is 0 Å². The second-order valence-corrected chi connectivity index (χ2v) is 7.12. The fourth-order valence-corrected chi connectivity index (χ4v) is 3.37. The number of nitrogens with zero attached hydrogens (tertiary/aromatic N) is 2. The maximum Gasteiger partial charge on any atom is 0.102 e. The maximum absolute atomic E-state index is 5.65. The summed E-state index contributed by atoms with van der Waals surface area (Å²) >= 11 is 0. The standard InChI is InChI=1S/C21H41N3/c1-2-3-4-5-6-7-8-9-10-11-12-13-14-15-16-21-23-18-20-24(21)19-17-22/h7-8,18,21H,2-6,9-17,19-20,22H2,1H3/b8-7+. The predicted octanol–water partition coefficient (Wildman–Crippen LogP) is 5.31. The molecule has 0 fully saturated rings. The second kappa shape index (κ2) is 15.8. The lowest BCUT2D eigenvalue weighted by Gasteiger charge is -2.21. The first-order chi connectivity index (χ1) is 11.9. The number of nitrogens with two attached hydrogens (primary N) is 1. The van der Waals surface area contributed by atoms with Crippen LogP contribution in [0.1, 0.15) is 90.4 Å². The van der Waals surface area contributed by atoms with Gasteiger partial charge in [-0.05, 0) is 38.5 Å². The lowest BCUT2D eigenvalue weighted by Crippen LogP contribution is -2.34. The van der Waals surface area contributed by atoms with Gasteiger partial charge >= 0.3 is 0 Å². The summed E-state index contributed by atoms with van der Waals surface area (Å²) in [6.07, 6.45) is 24.7. The minimum atomic E-state index is 0.413. The minimum absolute atomic E-state index is 0.413. The largest absolute Gasteiger partial charge is 0.329 e. The summed E-state index contributed by atoms with van der Waals surface area (Å²) in [5.74, 6) is 0. The molecule has 0 spiro atoms. The molecule has 1 aliphatic rings. The Balaban J connectivity index is 1.82. The molecule has 1 heterocycles. The van der Waals surface area contributed by atoms with E-state index >= 15 is 0 Å². The summed E-state index contributed by atoms with van der Waals surface area (Å²) in [4.78, 5) is 6.97. The number of allylic oxidation sites excluding steroid dienone is 2. The van der Waals surface area contributed by atoms with Gasteiger partial charge in [0.2, 0.25) is 0 Å². The Morgan fingerprint density at radius 1 is 0.958 bits per heavy atom. The van der Waals surface area contributed by atoms with Crippen LogP contribution in [0.25, 0.3) is 0 Å². The normalized spacial score (nSPS) is 18.2. The second-order valence-electron chi connectivity index (χ2n) is 7.12. The third-order valence-electron chi connectivity index (χ3n) is 4.91. The van der Waals surface area contributed by atoms with E-state index in [9.17, 15) is 0 Å². The molecule has 24 heavy (non-hydrogen) atoms. The van der Waals surface area contributed by atoms with Crippen LogP contribution in [0.5, 0.6) is 0 Å². The lowest BCUT2D eigenvalue weighted by molar-refractivity contribution is 0.241. The highest BCUT2D eigenvalue weighted by molar-refractivity contribution is 5.62. The molecule has 3 nitrogen and oxygen atoms in total. The monoisotopic (exact) mass is 335 g/mol. The molecule has 0 aromatic rings. The van der Waals surface area contributed by atoms with Crippen LogP contribution in [-0.4, -0.2) is 36.9 Å². The SMILES string of the molecule is CCCCCC/C=C/CCCCCCCCC1N=CCN1CCN. The quantitative estimate of drug-likeness (QED) is 0.307. The fourth-order valence-electron chi connectivity index (χ4n) is 3.37. The highest BCUT2D eigenvalue weighted by Crippen LogP contribution is 2.16. The van der Waals surface area contributed by atoms with Crippen molar-refractivity contribution in [2.45, 2.75) is 96.6 Å². The van der Waals surface area contributed by atoms with Crippen LogP contribution in [0, 0.1) is 0 Å². The summed E-state index contributed by atoms with van der Waals surface area (Å²) in [6, 6.07) is 0. The zero-order valence-corrected chi connectivity index (χ0v) is 16.1. The van der Waals surface area contributed by atoms with E-state index in [1.165, 1.54) is 83.5 Å². The van der Waals surface area contributed by atoms with E-state index in [4.69, 9.17) is 5.73 Å². The van der Waals surface area contributed by atoms with Crippen molar-refractivity contribution in [3.63, 3.8) is 0 Å². The van der Waals surface area contributed by atoms with Crippen molar-refractivity contribution in [1.82, 2.24) is 4.90 Å². The first-order valence-corrected chi connectivity index (χ1v) is 10.5. The fraction of sp³-hybridized carbons (Fsp3) is 0.857. The van der Waals surface area contributed by atoms with Crippen LogP contribution in [-0.2, 0) is 0 Å². The number of hydrogen-bond acceptors (Lipinski definition) is 3. The average molecular weight is 336 g/mol. The van der Waals surface area contributed by atoms with Crippen molar-refractivity contribution in [3.05, 3.63) is 12.2 Å². The number of rotatable bonds is 16. The van der Waals surface area contributed by atoms with Gasteiger partial charge in [0.05, 0.1) is 0 Å². The molecule has 1 aliphatic heterocycles. The molecule has 0 radical (unpaired) electrons. The summed E-state index contributed by atoms with van der Waals surface area (Å²) in [7, 11) is 0. The third kappa shape index (κ3) is 11.0. The van der Waals surface area contributed by atoms with E-state index in [1.54, 1.807) is 0 Å². The summed E-state index contributed by atoms with van der Waals surface area (Å²) < 4.78 is 0. The zero-order valence-electron chi connectivity index (χ0n) is 16.1. The van der Waals surface area contributed by atoms with Crippen LogP contribution in [0.4, 0.5) is 0 Å². The van der Waals surface area contributed by atoms with E-state index < -0.39 is 0 Å². The first kappa shape index (κ1) is 21.4. The Labute approximate surface area is 150 Å². The zero-order chi connectivity index (χ0) is 17.3. The smallest absolute Gasteiger partial charge is 0.102 e. The number of hydrogen-bond donors (Lipinski definition) is 1. The summed E-state index contributed by atoms with van der Waals surface area (Å²) in [6.45, 7) is 4.99. The van der Waals surface area contributed by atoms with Gasteiger partial charge in [-0.2, -0.15) is 0 Å². The molecular weight excluding hydrogens is 294 g/mol. The molecule has 0 saturated heterocycles. The Kier molecular flexibility index (Phi) is 14.1. The molecule has 1 unspecified atom stereocenters. The van der Waals surface area contributed by atoms with Crippen molar-refractivity contribution in [1.29, 1.82) is 0 Å². The Hall–Kier alpha value is -0.670. The molecule has 3 heteroatoms. The van der Waals surface area contributed by atoms with Crippen molar-refractivity contribution >= 4 is 6.21 Å². The van der Waals surface area contributed by atoms with E-state index in [0.717, 1.165) is 19.6 Å². The van der Waals surface area contributed by atoms with Crippen LogP contribution >= 0.6 is 0 Å². The molecule has 0 saturated carbocycles. The molecular formula is C21H41N3. The Morgan fingerprint density at radius 3 is 2.25 bits per heavy atom. The summed E-state index contributed by atoms with van der Waals surface area (Å²) in [5, 5.41) is 0. The molecule has 0 aliphatic carbocycles. The van der Waals surface area contributed by atoms with Crippen LogP contribution < -0.4 is 5.73 Å². The molecule has 1 atom stereocenters. The van der Waals surface area contributed by atoms with E-state index in [-0.39, 0.29) is 0 Å². The van der Waals surface area contributed by atoms with Crippen molar-refractivity contribution < 1.29 is 0 Å². The van der Waals surface area contributed by atoms with E-state index in [1.807, 2.05) is 0 Å². The highest BCUT2D eigenvalue weighted by Gasteiger charge is 2.19.